The van der Waals surface area contributed by atoms with Gasteiger partial charge in [-0.05, 0) is 0 Å². The summed E-state index contributed by atoms with van der Waals surface area (Å²) in [6.45, 7) is -1.75. The molecule has 3 rings (SSSR count). The Kier molecular flexibility index (Phi) is 12.1. The van der Waals surface area contributed by atoms with E-state index in [9.17, 15) is 65.8 Å². The van der Waals surface area contributed by atoms with Gasteiger partial charge in [0.25, 0.3) is 5.79 Å². The van der Waals surface area contributed by atoms with Crippen molar-refractivity contribution in [2.45, 2.75) is 111 Å². The monoisotopic (exact) mass is 632 g/mol. The fourth-order valence-electron chi connectivity index (χ4n) is 5.20. The topological polar surface area (TPSA) is 341 Å². The van der Waals surface area contributed by atoms with Crippen LogP contribution >= 0.6 is 0 Å². The Morgan fingerprint density at radius 2 is 1.60 bits per heavy atom. The summed E-state index contributed by atoms with van der Waals surface area (Å²) in [5.41, 5.74) is 5.69. The first-order valence-corrected chi connectivity index (χ1v) is 13.3. The van der Waals surface area contributed by atoms with E-state index < -0.39 is 136 Å². The molecule has 0 spiro atoms. The van der Waals surface area contributed by atoms with Crippen molar-refractivity contribution in [2.24, 2.45) is 5.73 Å². The molecule has 0 aliphatic carbocycles. The van der Waals surface area contributed by atoms with Crippen molar-refractivity contribution >= 4 is 11.9 Å². The summed E-state index contributed by atoms with van der Waals surface area (Å²) in [7, 11) is 0. The van der Waals surface area contributed by atoms with Crippen LogP contribution in [0.4, 0.5) is 0 Å². The highest BCUT2D eigenvalue weighted by atomic mass is 16.8. The largest absolute Gasteiger partial charge is 0.477 e. The molecule has 3 heterocycles. The fraction of sp³-hybridized carbons (Fsp3) is 0.913. The summed E-state index contributed by atoms with van der Waals surface area (Å²) in [5, 5.41) is 115. The Labute approximate surface area is 243 Å². The first-order chi connectivity index (χ1) is 20.1. The molecule has 43 heavy (non-hydrogen) atoms. The third kappa shape index (κ3) is 7.41. The molecule has 0 radical (unpaired) electrons. The number of amides is 1. The average Bonchev–Trinajstić information content (AvgIpc) is 2.96. The van der Waals surface area contributed by atoms with Crippen molar-refractivity contribution < 1.29 is 89.4 Å². The van der Waals surface area contributed by atoms with Crippen LogP contribution < -0.4 is 11.1 Å². The number of aliphatic hydroxyl groups excluding tert-OH is 10. The SMILES string of the molecule is CC(=O)N[C@H]1[C@H]([C@H](O)[C@H](O)CO)O[C@@](O[C@H]2[C@@H](O)[C@@H](CO)O[C@@H](O[C@H]3[C@H](O)[C@@H](N)C(O)O[C@@H]3CO)[C@@H]2O)(C(=O)O)C[C@@H]1O. The fourth-order valence-corrected chi connectivity index (χ4v) is 5.20. The second-order valence-electron chi connectivity index (χ2n) is 10.6. The summed E-state index contributed by atoms with van der Waals surface area (Å²) < 4.78 is 27.1. The lowest BCUT2D eigenvalue weighted by Gasteiger charge is -2.50. The van der Waals surface area contributed by atoms with Gasteiger partial charge in [-0.1, -0.05) is 0 Å². The number of carbonyl (C=O) groups excluding carboxylic acids is 1. The smallest absolute Gasteiger partial charge is 0.364 e. The maximum absolute atomic E-state index is 12.6. The average molecular weight is 633 g/mol. The Morgan fingerprint density at radius 3 is 2.14 bits per heavy atom. The molecule has 3 aliphatic heterocycles. The molecular weight excluding hydrogens is 592 g/mol. The minimum atomic E-state index is -3.00. The molecule has 3 aliphatic rings. The second-order valence-corrected chi connectivity index (χ2v) is 10.6. The van der Waals surface area contributed by atoms with Crippen LogP contribution in [0.3, 0.4) is 0 Å². The molecule has 20 nitrogen and oxygen atoms in total. The maximum Gasteiger partial charge on any atom is 0.364 e. The third-order valence-electron chi connectivity index (χ3n) is 7.55. The highest BCUT2D eigenvalue weighted by Gasteiger charge is 2.60. The van der Waals surface area contributed by atoms with Crippen LogP contribution in [0, 0.1) is 0 Å². The molecule has 0 aromatic rings. The molecule has 0 saturated carbocycles. The van der Waals surface area contributed by atoms with E-state index in [2.05, 4.69) is 5.32 Å². The molecule has 3 fully saturated rings. The van der Waals surface area contributed by atoms with Gasteiger partial charge < -0.3 is 90.9 Å². The Bertz CT molecular complexity index is 946. The van der Waals surface area contributed by atoms with Gasteiger partial charge in [0, 0.05) is 13.3 Å². The predicted molar refractivity (Wildman–Crippen MR) is 132 cm³/mol. The van der Waals surface area contributed by atoms with Crippen molar-refractivity contribution in [2.75, 3.05) is 19.8 Å². The van der Waals surface area contributed by atoms with Crippen LogP contribution in [0.2, 0.25) is 0 Å². The number of carbonyl (C=O) groups is 2. The van der Waals surface area contributed by atoms with Crippen molar-refractivity contribution in [3.8, 4) is 0 Å². The van der Waals surface area contributed by atoms with Gasteiger partial charge >= 0.3 is 5.97 Å². The summed E-state index contributed by atoms with van der Waals surface area (Å²) in [5.74, 6) is -5.70. The number of ether oxygens (including phenoxy) is 5. The van der Waals surface area contributed by atoms with Gasteiger partial charge in [-0.3, -0.25) is 4.79 Å². The number of nitrogens with one attached hydrogen (secondary N) is 1. The van der Waals surface area contributed by atoms with E-state index in [0.29, 0.717) is 0 Å². The second kappa shape index (κ2) is 14.6. The van der Waals surface area contributed by atoms with Crippen LogP contribution in [-0.4, -0.2) is 185 Å². The standard InChI is InChI=1S/C23H40N2O18/c1-6(29)25-12-7(30)2-23(22(37)38,42-18(12)13(32)8(31)3-26)43-19-14(33)9(4-27)40-21(16(19)35)41-17-10(5-28)39-20(36)11(24)15(17)34/h7-21,26-28,30-36H,2-5,24H2,1H3,(H,25,29)(H,37,38)/t7-,8+,9+,10+,11+,12+,13+,14-,15+,16+,17+,18+,19-,20?,21-,23-/m0/s1. The van der Waals surface area contributed by atoms with E-state index in [1.165, 1.54) is 0 Å². The van der Waals surface area contributed by atoms with Crippen molar-refractivity contribution in [3.05, 3.63) is 0 Å². The molecule has 0 aromatic heterocycles. The van der Waals surface area contributed by atoms with Gasteiger partial charge in [-0.15, -0.1) is 0 Å². The first kappa shape index (κ1) is 35.8. The number of carboxylic acid groups (broad SMARTS) is 1. The lowest BCUT2D eigenvalue weighted by atomic mass is 9.88. The zero-order valence-corrected chi connectivity index (χ0v) is 22.8. The lowest BCUT2D eigenvalue weighted by Crippen LogP contribution is -2.71. The van der Waals surface area contributed by atoms with Gasteiger partial charge in [0.05, 0.1) is 38.0 Å². The van der Waals surface area contributed by atoms with Gasteiger partial charge in [0.15, 0.2) is 12.6 Å². The van der Waals surface area contributed by atoms with Crippen LogP contribution in [0.15, 0.2) is 0 Å². The maximum atomic E-state index is 12.6. The molecule has 16 atom stereocenters. The number of hydrogen-bond acceptors (Lipinski definition) is 18. The lowest BCUT2D eigenvalue weighted by molar-refractivity contribution is -0.381. The van der Waals surface area contributed by atoms with E-state index >= 15 is 0 Å². The first-order valence-electron chi connectivity index (χ1n) is 13.3. The number of aliphatic carboxylic acids is 1. The number of hydrogen-bond donors (Lipinski definition) is 13. The van der Waals surface area contributed by atoms with Crippen LogP contribution in [0.25, 0.3) is 0 Å². The number of carboxylic acids is 1. The zero-order chi connectivity index (χ0) is 32.4. The van der Waals surface area contributed by atoms with E-state index in [4.69, 9.17) is 29.4 Å². The molecule has 14 N–H and O–H groups in total. The quantitative estimate of drug-likeness (QED) is 0.100. The molecule has 3 saturated heterocycles. The normalized spacial score (nSPS) is 45.3. The zero-order valence-electron chi connectivity index (χ0n) is 22.8. The van der Waals surface area contributed by atoms with E-state index in [-0.39, 0.29) is 0 Å². The molecular formula is C23H40N2O18. The Morgan fingerprint density at radius 1 is 0.977 bits per heavy atom. The van der Waals surface area contributed by atoms with Gasteiger partial charge in [-0.2, -0.15) is 0 Å². The van der Waals surface area contributed by atoms with Gasteiger partial charge in [0.2, 0.25) is 5.91 Å². The van der Waals surface area contributed by atoms with E-state index in [1.807, 2.05) is 0 Å². The van der Waals surface area contributed by atoms with Crippen molar-refractivity contribution in [3.63, 3.8) is 0 Å². The van der Waals surface area contributed by atoms with Crippen molar-refractivity contribution in [1.29, 1.82) is 0 Å². The summed E-state index contributed by atoms with van der Waals surface area (Å²) >= 11 is 0. The Hall–Kier alpha value is -1.70. The highest BCUT2D eigenvalue weighted by molar-refractivity contribution is 5.76. The molecule has 1 amide bonds. The molecule has 20 heteroatoms. The number of rotatable bonds is 11. The molecule has 250 valence electrons. The number of aliphatic hydroxyl groups is 10. The summed E-state index contributed by atoms with van der Waals surface area (Å²) in [4.78, 5) is 24.3. The van der Waals surface area contributed by atoms with E-state index in [0.717, 1.165) is 6.92 Å². The highest BCUT2D eigenvalue weighted by Crippen LogP contribution is 2.38. The van der Waals surface area contributed by atoms with E-state index in [1.54, 1.807) is 0 Å². The minimum Gasteiger partial charge on any atom is -0.477 e. The summed E-state index contributed by atoms with van der Waals surface area (Å²) in [6.07, 6.45) is -25.0. The van der Waals surface area contributed by atoms with Crippen LogP contribution in [0.5, 0.6) is 0 Å². The van der Waals surface area contributed by atoms with Crippen molar-refractivity contribution in [1.82, 2.24) is 5.32 Å². The Balaban J connectivity index is 1.94. The van der Waals surface area contributed by atoms with Crippen LogP contribution in [0.1, 0.15) is 13.3 Å². The van der Waals surface area contributed by atoms with Gasteiger partial charge in [-0.25, -0.2) is 4.79 Å². The predicted octanol–water partition coefficient (Wildman–Crippen LogP) is -8.26. The number of nitrogens with two attached hydrogens (primary N) is 1. The third-order valence-corrected chi connectivity index (χ3v) is 7.55. The molecule has 1 unspecified atom stereocenters. The molecule has 0 bridgehead atoms. The minimum absolute atomic E-state index is 0.740. The van der Waals surface area contributed by atoms with Crippen LogP contribution in [-0.2, 0) is 33.3 Å². The molecule has 0 aromatic carbocycles. The summed E-state index contributed by atoms with van der Waals surface area (Å²) in [6, 6.07) is -2.97. The van der Waals surface area contributed by atoms with Gasteiger partial charge in [0.1, 0.15) is 61.0 Å².